The molecule has 0 aliphatic carbocycles. The van der Waals surface area contributed by atoms with Crippen LogP contribution in [0.1, 0.15) is 0 Å². The van der Waals surface area contributed by atoms with Crippen molar-refractivity contribution in [1.29, 1.82) is 0 Å². The van der Waals surface area contributed by atoms with E-state index in [1.165, 1.54) is 44.2 Å². The first-order valence-electron chi connectivity index (χ1n) is 16.3. The molecular weight excluding hydrogens is 583 g/mol. The summed E-state index contributed by atoms with van der Waals surface area (Å²) in [6.07, 6.45) is 0. The Balaban J connectivity index is 1.16. The number of hydrogen-bond acceptors (Lipinski definition) is 2. The van der Waals surface area contributed by atoms with Gasteiger partial charge in [0.2, 0.25) is 0 Å². The van der Waals surface area contributed by atoms with Crippen LogP contribution in [0.3, 0.4) is 0 Å². The summed E-state index contributed by atoms with van der Waals surface area (Å²) in [7, 11) is 0. The molecule has 48 heavy (non-hydrogen) atoms. The average Bonchev–Trinajstić information content (AvgIpc) is 3.55. The molecule has 8 aromatic carbocycles. The second kappa shape index (κ2) is 11.8. The third kappa shape index (κ3) is 5.01. The Morgan fingerprint density at radius 1 is 0.333 bits per heavy atom. The van der Waals surface area contributed by atoms with Crippen molar-refractivity contribution in [3.05, 3.63) is 188 Å². The minimum absolute atomic E-state index is 0.875. The molecule has 0 spiro atoms. The normalized spacial score (nSPS) is 11.3. The summed E-state index contributed by atoms with van der Waals surface area (Å²) in [4.78, 5) is 2.36. The molecule has 0 saturated heterocycles. The number of nitrogens with zero attached hydrogens (tertiary/aromatic N) is 1. The summed E-state index contributed by atoms with van der Waals surface area (Å²) in [6.45, 7) is 0. The van der Waals surface area contributed by atoms with Crippen molar-refractivity contribution in [2.75, 3.05) is 4.90 Å². The fourth-order valence-electron chi connectivity index (χ4n) is 6.85. The molecule has 0 unspecified atom stereocenters. The van der Waals surface area contributed by atoms with E-state index in [0.29, 0.717) is 0 Å². The molecule has 0 bridgehead atoms. The van der Waals surface area contributed by atoms with Gasteiger partial charge in [0.1, 0.15) is 11.2 Å². The first-order chi connectivity index (χ1) is 23.8. The predicted molar refractivity (Wildman–Crippen MR) is 202 cm³/mol. The number of para-hydroxylation sites is 1. The lowest BCUT2D eigenvalue weighted by Crippen LogP contribution is -2.10. The van der Waals surface area contributed by atoms with Gasteiger partial charge in [0.05, 0.1) is 11.1 Å². The van der Waals surface area contributed by atoms with Crippen molar-refractivity contribution in [3.8, 4) is 33.4 Å². The molecule has 9 rings (SSSR count). The van der Waals surface area contributed by atoms with Crippen LogP contribution in [0.2, 0.25) is 0 Å². The van der Waals surface area contributed by atoms with Crippen LogP contribution in [0, 0.1) is 0 Å². The molecule has 1 heterocycles. The summed E-state index contributed by atoms with van der Waals surface area (Å²) >= 11 is 0. The van der Waals surface area contributed by atoms with Crippen molar-refractivity contribution in [2.24, 2.45) is 0 Å². The molecule has 9 aromatic rings. The highest BCUT2D eigenvalue weighted by molar-refractivity contribution is 6.13. The monoisotopic (exact) mass is 613 g/mol. The quantitative estimate of drug-likeness (QED) is 0.185. The van der Waals surface area contributed by atoms with E-state index in [1.54, 1.807) is 0 Å². The van der Waals surface area contributed by atoms with E-state index in [2.05, 4.69) is 181 Å². The molecule has 0 saturated carbocycles. The molecular formula is C46H31NO. The van der Waals surface area contributed by atoms with Gasteiger partial charge in [-0.25, -0.2) is 0 Å². The Morgan fingerprint density at radius 2 is 0.896 bits per heavy atom. The molecule has 0 aliphatic rings. The SMILES string of the molecule is c1ccc(-c2ccc(-c3ccc(N(c4cccc(-c5ccc6ccccc6c5)c4)c4cccc5oc6ccccc6c45)cc3)cc2)cc1. The van der Waals surface area contributed by atoms with Gasteiger partial charge in [-0.3, -0.25) is 0 Å². The third-order valence-electron chi connectivity index (χ3n) is 9.26. The molecule has 226 valence electrons. The van der Waals surface area contributed by atoms with Crippen molar-refractivity contribution in [3.63, 3.8) is 0 Å². The van der Waals surface area contributed by atoms with E-state index in [0.717, 1.165) is 39.0 Å². The maximum absolute atomic E-state index is 6.34. The lowest BCUT2D eigenvalue weighted by Gasteiger charge is -2.27. The second-order valence-electron chi connectivity index (χ2n) is 12.2. The van der Waals surface area contributed by atoms with Gasteiger partial charge in [0.25, 0.3) is 0 Å². The Bertz CT molecular complexity index is 2540. The topological polar surface area (TPSA) is 16.4 Å². The summed E-state index contributed by atoms with van der Waals surface area (Å²) in [5.74, 6) is 0. The Kier molecular flexibility index (Phi) is 6.84. The van der Waals surface area contributed by atoms with Crippen molar-refractivity contribution in [2.45, 2.75) is 0 Å². The van der Waals surface area contributed by atoms with Crippen molar-refractivity contribution < 1.29 is 4.42 Å². The van der Waals surface area contributed by atoms with E-state index in [-0.39, 0.29) is 0 Å². The van der Waals surface area contributed by atoms with Gasteiger partial charge < -0.3 is 9.32 Å². The Hall–Kier alpha value is -6.38. The largest absolute Gasteiger partial charge is 0.456 e. The summed E-state index contributed by atoms with van der Waals surface area (Å²) in [5.41, 5.74) is 12.2. The maximum atomic E-state index is 6.34. The predicted octanol–water partition coefficient (Wildman–Crippen LogP) is 13.2. The highest BCUT2D eigenvalue weighted by Crippen LogP contribution is 2.44. The first-order valence-corrected chi connectivity index (χ1v) is 16.3. The lowest BCUT2D eigenvalue weighted by atomic mass is 9.99. The Morgan fingerprint density at radius 3 is 1.69 bits per heavy atom. The van der Waals surface area contributed by atoms with E-state index in [9.17, 15) is 0 Å². The molecule has 0 atom stereocenters. The second-order valence-corrected chi connectivity index (χ2v) is 12.2. The van der Waals surface area contributed by atoms with Crippen LogP contribution in [0.15, 0.2) is 192 Å². The van der Waals surface area contributed by atoms with Crippen LogP contribution in [0.5, 0.6) is 0 Å². The Labute approximate surface area is 279 Å². The fraction of sp³-hybridized carbons (Fsp3) is 0. The number of anilines is 3. The minimum atomic E-state index is 0.875. The molecule has 1 aromatic heterocycles. The molecule has 0 amide bonds. The van der Waals surface area contributed by atoms with Crippen LogP contribution < -0.4 is 4.90 Å². The molecule has 0 fully saturated rings. The zero-order valence-electron chi connectivity index (χ0n) is 26.3. The highest BCUT2D eigenvalue weighted by atomic mass is 16.3. The maximum Gasteiger partial charge on any atom is 0.137 e. The van der Waals surface area contributed by atoms with Gasteiger partial charge in [-0.15, -0.1) is 0 Å². The third-order valence-corrected chi connectivity index (χ3v) is 9.26. The van der Waals surface area contributed by atoms with Crippen LogP contribution >= 0.6 is 0 Å². The van der Waals surface area contributed by atoms with Gasteiger partial charge in [-0.1, -0.05) is 140 Å². The molecule has 2 nitrogen and oxygen atoms in total. The van der Waals surface area contributed by atoms with Gasteiger partial charge >= 0.3 is 0 Å². The summed E-state index contributed by atoms with van der Waals surface area (Å²) in [5, 5.41) is 4.69. The van der Waals surface area contributed by atoms with Gasteiger partial charge in [0.15, 0.2) is 0 Å². The van der Waals surface area contributed by atoms with Crippen molar-refractivity contribution >= 4 is 49.8 Å². The number of benzene rings is 8. The van der Waals surface area contributed by atoms with Crippen LogP contribution in [0.4, 0.5) is 17.1 Å². The minimum Gasteiger partial charge on any atom is -0.456 e. The van der Waals surface area contributed by atoms with Gasteiger partial charge in [-0.2, -0.15) is 0 Å². The number of fused-ring (bicyclic) bond motifs is 4. The fourth-order valence-corrected chi connectivity index (χ4v) is 6.85. The number of hydrogen-bond donors (Lipinski definition) is 0. The smallest absolute Gasteiger partial charge is 0.137 e. The van der Waals surface area contributed by atoms with E-state index < -0.39 is 0 Å². The first kappa shape index (κ1) is 27.9. The zero-order valence-corrected chi connectivity index (χ0v) is 26.3. The van der Waals surface area contributed by atoms with E-state index in [4.69, 9.17) is 4.42 Å². The highest BCUT2D eigenvalue weighted by Gasteiger charge is 2.20. The zero-order chi connectivity index (χ0) is 31.9. The van der Waals surface area contributed by atoms with Crippen LogP contribution in [-0.4, -0.2) is 0 Å². The van der Waals surface area contributed by atoms with Crippen LogP contribution in [-0.2, 0) is 0 Å². The van der Waals surface area contributed by atoms with E-state index >= 15 is 0 Å². The molecule has 0 N–H and O–H groups in total. The number of furan rings is 1. The van der Waals surface area contributed by atoms with Gasteiger partial charge in [-0.05, 0) is 92.7 Å². The average molecular weight is 614 g/mol. The van der Waals surface area contributed by atoms with Crippen molar-refractivity contribution in [1.82, 2.24) is 0 Å². The standard InChI is InChI=1S/C46H31NO/c1-2-10-32(11-3-1)34-20-22-35(23-21-34)36-26-28-40(29-27-36)47(43-17-9-19-45-46(43)42-16-6-7-18-44(42)48-45)41-15-8-14-38(31-41)39-25-24-33-12-4-5-13-37(33)30-39/h1-31H. The van der Waals surface area contributed by atoms with Gasteiger partial charge in [0, 0.05) is 16.8 Å². The van der Waals surface area contributed by atoms with Crippen LogP contribution in [0.25, 0.3) is 66.1 Å². The number of rotatable bonds is 6. The summed E-state index contributed by atoms with van der Waals surface area (Å²) in [6, 6.07) is 67.0. The molecule has 0 radical (unpaired) electrons. The molecule has 0 aliphatic heterocycles. The molecule has 2 heteroatoms. The lowest BCUT2D eigenvalue weighted by molar-refractivity contribution is 0.669. The van der Waals surface area contributed by atoms with E-state index in [1.807, 2.05) is 12.1 Å². The summed E-state index contributed by atoms with van der Waals surface area (Å²) < 4.78 is 6.34.